The van der Waals surface area contributed by atoms with Crippen molar-refractivity contribution in [2.24, 2.45) is 5.73 Å². The van der Waals surface area contributed by atoms with E-state index in [1.165, 1.54) is 11.3 Å². The summed E-state index contributed by atoms with van der Waals surface area (Å²) >= 11 is 1.44. The van der Waals surface area contributed by atoms with Crippen LogP contribution in [0.5, 0.6) is 0 Å². The standard InChI is InChI=1S/C15H13NO2S/c16-13(10-15(17)18)14-9-8-12(19-14)7-6-11-4-2-1-3-5-11/h1-5,8-9,13H,10,16H2,(H,17,18). The Labute approximate surface area is 115 Å². The van der Waals surface area contributed by atoms with Gasteiger partial charge in [0, 0.05) is 16.5 Å². The summed E-state index contributed by atoms with van der Waals surface area (Å²) in [6.45, 7) is 0. The largest absolute Gasteiger partial charge is 0.481 e. The molecule has 1 aromatic carbocycles. The van der Waals surface area contributed by atoms with Crippen molar-refractivity contribution in [2.45, 2.75) is 12.5 Å². The highest BCUT2D eigenvalue weighted by Gasteiger charge is 2.12. The van der Waals surface area contributed by atoms with Gasteiger partial charge in [-0.3, -0.25) is 4.79 Å². The SMILES string of the molecule is NC(CC(=O)O)c1ccc(C#Cc2ccccc2)s1. The molecule has 0 saturated heterocycles. The third-order valence-electron chi connectivity index (χ3n) is 2.49. The van der Waals surface area contributed by atoms with E-state index in [0.29, 0.717) is 0 Å². The van der Waals surface area contributed by atoms with Crippen LogP contribution in [0.3, 0.4) is 0 Å². The van der Waals surface area contributed by atoms with Gasteiger partial charge in [0.1, 0.15) is 0 Å². The number of aliphatic carboxylic acids is 1. The lowest BCUT2D eigenvalue weighted by Crippen LogP contribution is -2.13. The lowest BCUT2D eigenvalue weighted by atomic mass is 10.2. The predicted octanol–water partition coefficient (Wildman–Crippen LogP) is 2.62. The molecule has 3 nitrogen and oxygen atoms in total. The van der Waals surface area contributed by atoms with E-state index in [4.69, 9.17) is 10.8 Å². The molecule has 0 aliphatic heterocycles. The maximum atomic E-state index is 10.6. The van der Waals surface area contributed by atoms with Crippen LogP contribution >= 0.6 is 11.3 Å². The van der Waals surface area contributed by atoms with E-state index >= 15 is 0 Å². The molecule has 0 aliphatic rings. The van der Waals surface area contributed by atoms with Gasteiger partial charge in [0.25, 0.3) is 0 Å². The first kappa shape index (κ1) is 13.3. The van der Waals surface area contributed by atoms with Crippen LogP contribution in [0.25, 0.3) is 0 Å². The highest BCUT2D eigenvalue weighted by atomic mass is 32.1. The summed E-state index contributed by atoms with van der Waals surface area (Å²) in [6, 6.07) is 13.0. The van der Waals surface area contributed by atoms with Gasteiger partial charge in [0.05, 0.1) is 11.3 Å². The fraction of sp³-hybridized carbons (Fsp3) is 0.133. The topological polar surface area (TPSA) is 63.3 Å². The molecule has 3 N–H and O–H groups in total. The zero-order valence-corrected chi connectivity index (χ0v) is 11.0. The van der Waals surface area contributed by atoms with Crippen LogP contribution in [-0.2, 0) is 4.79 Å². The second-order valence-corrected chi connectivity index (χ2v) is 5.14. The summed E-state index contributed by atoms with van der Waals surface area (Å²) < 4.78 is 0. The number of rotatable bonds is 3. The van der Waals surface area contributed by atoms with Crippen LogP contribution in [0.15, 0.2) is 42.5 Å². The van der Waals surface area contributed by atoms with Gasteiger partial charge in [-0.15, -0.1) is 11.3 Å². The molecule has 0 spiro atoms. The number of carbonyl (C=O) groups is 1. The fourth-order valence-corrected chi connectivity index (χ4v) is 2.43. The molecule has 1 unspecified atom stereocenters. The van der Waals surface area contributed by atoms with Gasteiger partial charge in [-0.2, -0.15) is 0 Å². The van der Waals surface area contributed by atoms with Crippen molar-refractivity contribution in [1.82, 2.24) is 0 Å². The van der Waals surface area contributed by atoms with Crippen LogP contribution in [0, 0.1) is 11.8 Å². The summed E-state index contributed by atoms with van der Waals surface area (Å²) in [6.07, 6.45) is -0.0634. The van der Waals surface area contributed by atoms with Crippen molar-refractivity contribution >= 4 is 17.3 Å². The number of nitrogens with two attached hydrogens (primary N) is 1. The molecule has 2 rings (SSSR count). The molecular weight excluding hydrogens is 258 g/mol. The summed E-state index contributed by atoms with van der Waals surface area (Å²) in [4.78, 5) is 12.3. The van der Waals surface area contributed by atoms with E-state index in [1.807, 2.05) is 42.5 Å². The third-order valence-corrected chi connectivity index (χ3v) is 3.62. The van der Waals surface area contributed by atoms with Gasteiger partial charge in [-0.25, -0.2) is 0 Å². The Hall–Kier alpha value is -2.09. The molecule has 0 saturated carbocycles. The van der Waals surface area contributed by atoms with Crippen molar-refractivity contribution in [2.75, 3.05) is 0 Å². The Bertz CT molecular complexity index is 622. The summed E-state index contributed by atoms with van der Waals surface area (Å²) in [5.74, 6) is 5.22. The molecule has 96 valence electrons. The molecule has 0 radical (unpaired) electrons. The Kier molecular flexibility index (Phi) is 4.35. The van der Waals surface area contributed by atoms with Crippen LogP contribution < -0.4 is 5.73 Å². The number of thiophene rings is 1. The van der Waals surface area contributed by atoms with Crippen LogP contribution in [0.2, 0.25) is 0 Å². The maximum Gasteiger partial charge on any atom is 0.305 e. The second-order valence-electron chi connectivity index (χ2n) is 4.02. The van der Waals surface area contributed by atoms with Crippen LogP contribution in [-0.4, -0.2) is 11.1 Å². The van der Waals surface area contributed by atoms with E-state index in [1.54, 1.807) is 0 Å². The molecule has 2 aromatic rings. The van der Waals surface area contributed by atoms with E-state index in [0.717, 1.165) is 15.3 Å². The van der Waals surface area contributed by atoms with Crippen molar-refractivity contribution in [3.05, 3.63) is 57.8 Å². The van der Waals surface area contributed by atoms with Gasteiger partial charge in [-0.05, 0) is 24.3 Å². The van der Waals surface area contributed by atoms with Gasteiger partial charge in [-0.1, -0.05) is 30.0 Å². The number of hydrogen-bond donors (Lipinski definition) is 2. The van der Waals surface area contributed by atoms with Crippen molar-refractivity contribution in [3.8, 4) is 11.8 Å². The summed E-state index contributed by atoms with van der Waals surface area (Å²) in [7, 11) is 0. The first-order valence-corrected chi connectivity index (χ1v) is 6.61. The molecule has 1 atom stereocenters. The maximum absolute atomic E-state index is 10.6. The van der Waals surface area contributed by atoms with Gasteiger partial charge in [0.15, 0.2) is 0 Å². The fourth-order valence-electron chi connectivity index (χ4n) is 1.56. The van der Waals surface area contributed by atoms with Gasteiger partial charge in [0.2, 0.25) is 0 Å². The normalized spacial score (nSPS) is 11.4. The Morgan fingerprint density at radius 3 is 2.63 bits per heavy atom. The molecule has 0 amide bonds. The van der Waals surface area contributed by atoms with E-state index in [-0.39, 0.29) is 6.42 Å². The summed E-state index contributed by atoms with van der Waals surface area (Å²) in [5, 5.41) is 8.70. The molecule has 19 heavy (non-hydrogen) atoms. The molecule has 1 aromatic heterocycles. The summed E-state index contributed by atoms with van der Waals surface area (Å²) in [5.41, 5.74) is 6.75. The van der Waals surface area contributed by atoms with E-state index in [9.17, 15) is 4.79 Å². The first-order valence-electron chi connectivity index (χ1n) is 5.79. The van der Waals surface area contributed by atoms with Crippen molar-refractivity contribution in [3.63, 3.8) is 0 Å². The van der Waals surface area contributed by atoms with Crippen LogP contribution in [0.4, 0.5) is 0 Å². The number of benzene rings is 1. The van der Waals surface area contributed by atoms with Crippen molar-refractivity contribution < 1.29 is 9.90 Å². The second kappa shape index (κ2) is 6.19. The quantitative estimate of drug-likeness (QED) is 0.843. The zero-order valence-electron chi connectivity index (χ0n) is 10.2. The molecule has 0 fully saturated rings. The van der Waals surface area contributed by atoms with Gasteiger partial charge < -0.3 is 10.8 Å². The molecule has 1 heterocycles. The lowest BCUT2D eigenvalue weighted by molar-refractivity contribution is -0.137. The van der Waals surface area contributed by atoms with Crippen LogP contribution in [0.1, 0.15) is 27.8 Å². The molecule has 0 aliphatic carbocycles. The minimum atomic E-state index is -0.891. The number of hydrogen-bond acceptors (Lipinski definition) is 3. The Morgan fingerprint density at radius 1 is 1.21 bits per heavy atom. The monoisotopic (exact) mass is 271 g/mol. The minimum absolute atomic E-state index is 0.0634. The van der Waals surface area contributed by atoms with Gasteiger partial charge >= 0.3 is 5.97 Å². The van der Waals surface area contributed by atoms with Crippen molar-refractivity contribution in [1.29, 1.82) is 0 Å². The first-order chi connectivity index (χ1) is 9.15. The smallest absolute Gasteiger partial charge is 0.305 e. The average Bonchev–Trinajstić information content (AvgIpc) is 2.86. The average molecular weight is 271 g/mol. The lowest BCUT2D eigenvalue weighted by Gasteiger charge is -2.04. The zero-order chi connectivity index (χ0) is 13.7. The highest BCUT2D eigenvalue weighted by Crippen LogP contribution is 2.23. The molecule has 0 bridgehead atoms. The Morgan fingerprint density at radius 2 is 1.95 bits per heavy atom. The molecular formula is C15H13NO2S. The van der Waals surface area contributed by atoms with E-state index < -0.39 is 12.0 Å². The predicted molar refractivity (Wildman–Crippen MR) is 75.9 cm³/mol. The van der Waals surface area contributed by atoms with E-state index in [2.05, 4.69) is 11.8 Å². The minimum Gasteiger partial charge on any atom is -0.481 e. The number of carboxylic acid groups (broad SMARTS) is 1. The Balaban J connectivity index is 2.10. The molecule has 4 heteroatoms. The number of carboxylic acids is 1. The highest BCUT2D eigenvalue weighted by molar-refractivity contribution is 7.12. The third kappa shape index (κ3) is 3.95.